The van der Waals surface area contributed by atoms with Crippen molar-refractivity contribution in [3.8, 4) is 0 Å². The summed E-state index contributed by atoms with van der Waals surface area (Å²) in [6, 6.07) is 15.1. The van der Waals surface area contributed by atoms with E-state index in [1.54, 1.807) is 49.4 Å². The van der Waals surface area contributed by atoms with E-state index in [1.807, 2.05) is 13.0 Å². The number of nitrogens with one attached hydrogen (secondary N) is 2. The average Bonchev–Trinajstić information content (AvgIpc) is 3.15. The Hall–Kier alpha value is -3.06. The van der Waals surface area contributed by atoms with Gasteiger partial charge in [0.15, 0.2) is 0 Å². The van der Waals surface area contributed by atoms with Crippen molar-refractivity contribution < 1.29 is 17.6 Å². The summed E-state index contributed by atoms with van der Waals surface area (Å²) in [6.45, 7) is 3.83. The minimum atomic E-state index is -3.75. The van der Waals surface area contributed by atoms with Gasteiger partial charge in [0.05, 0.1) is 17.7 Å². The van der Waals surface area contributed by atoms with E-state index in [0.29, 0.717) is 22.6 Å². The van der Waals surface area contributed by atoms with Crippen LogP contribution in [-0.4, -0.2) is 14.3 Å². The maximum Gasteiger partial charge on any atom is 0.262 e. The first-order valence-electron chi connectivity index (χ1n) is 8.36. The second kappa shape index (κ2) is 7.67. The molecule has 7 heteroatoms. The summed E-state index contributed by atoms with van der Waals surface area (Å²) in [6.07, 6.45) is 1.53. The molecular weight excluding hydrogens is 364 g/mol. The third-order valence-corrected chi connectivity index (χ3v) is 5.54. The number of furan rings is 1. The van der Waals surface area contributed by atoms with E-state index in [0.717, 1.165) is 5.56 Å². The molecule has 1 aromatic heterocycles. The number of amides is 1. The van der Waals surface area contributed by atoms with Crippen molar-refractivity contribution >= 4 is 21.6 Å². The monoisotopic (exact) mass is 384 g/mol. The van der Waals surface area contributed by atoms with Crippen molar-refractivity contribution in [3.05, 3.63) is 83.3 Å². The van der Waals surface area contributed by atoms with E-state index in [9.17, 15) is 13.2 Å². The Labute approximate surface area is 158 Å². The minimum Gasteiger partial charge on any atom is -0.467 e. The van der Waals surface area contributed by atoms with Crippen LogP contribution in [0.4, 0.5) is 5.69 Å². The Morgan fingerprint density at radius 3 is 2.59 bits per heavy atom. The van der Waals surface area contributed by atoms with Crippen LogP contribution in [-0.2, 0) is 16.6 Å². The van der Waals surface area contributed by atoms with Gasteiger partial charge >= 0.3 is 0 Å². The van der Waals surface area contributed by atoms with Gasteiger partial charge in [0, 0.05) is 11.3 Å². The first-order valence-corrected chi connectivity index (χ1v) is 9.84. The molecule has 140 valence electrons. The highest BCUT2D eigenvalue weighted by Crippen LogP contribution is 2.21. The minimum absolute atomic E-state index is 0.218. The lowest BCUT2D eigenvalue weighted by molar-refractivity contribution is 0.0948. The number of carbonyl (C=O) groups is 1. The van der Waals surface area contributed by atoms with Gasteiger partial charge < -0.3 is 9.73 Å². The highest BCUT2D eigenvalue weighted by Gasteiger charge is 2.18. The van der Waals surface area contributed by atoms with Gasteiger partial charge in [-0.25, -0.2) is 8.42 Å². The molecule has 0 saturated heterocycles. The van der Waals surface area contributed by atoms with E-state index in [-0.39, 0.29) is 17.3 Å². The normalized spacial score (nSPS) is 11.2. The molecule has 0 aliphatic heterocycles. The second-order valence-electron chi connectivity index (χ2n) is 6.22. The van der Waals surface area contributed by atoms with Crippen molar-refractivity contribution in [2.75, 3.05) is 4.72 Å². The molecule has 0 spiro atoms. The molecule has 1 amide bonds. The van der Waals surface area contributed by atoms with E-state index < -0.39 is 10.0 Å². The number of anilines is 1. The van der Waals surface area contributed by atoms with Gasteiger partial charge in [0.25, 0.3) is 15.9 Å². The summed E-state index contributed by atoms with van der Waals surface area (Å²) in [4.78, 5) is 12.5. The Morgan fingerprint density at radius 2 is 1.85 bits per heavy atom. The fourth-order valence-electron chi connectivity index (χ4n) is 2.61. The second-order valence-corrected chi connectivity index (χ2v) is 7.87. The van der Waals surface area contributed by atoms with Gasteiger partial charge in [-0.2, -0.15) is 0 Å². The largest absolute Gasteiger partial charge is 0.467 e. The maximum atomic E-state index is 12.7. The molecule has 0 aliphatic carbocycles. The predicted molar refractivity (Wildman–Crippen MR) is 103 cm³/mol. The van der Waals surface area contributed by atoms with E-state index in [4.69, 9.17) is 4.42 Å². The van der Waals surface area contributed by atoms with Crippen LogP contribution in [0.3, 0.4) is 0 Å². The van der Waals surface area contributed by atoms with Crippen LogP contribution in [0, 0.1) is 13.8 Å². The Bertz CT molecular complexity index is 1060. The first-order chi connectivity index (χ1) is 12.8. The smallest absolute Gasteiger partial charge is 0.262 e. The third-order valence-electron chi connectivity index (χ3n) is 4.01. The lowest BCUT2D eigenvalue weighted by Gasteiger charge is -2.12. The van der Waals surface area contributed by atoms with Crippen molar-refractivity contribution in [2.24, 2.45) is 0 Å². The zero-order valence-electron chi connectivity index (χ0n) is 15.0. The summed E-state index contributed by atoms with van der Waals surface area (Å²) >= 11 is 0. The van der Waals surface area contributed by atoms with Crippen LogP contribution < -0.4 is 10.0 Å². The third kappa shape index (κ3) is 4.57. The Kier molecular flexibility index (Phi) is 5.32. The highest BCUT2D eigenvalue weighted by molar-refractivity contribution is 7.92. The van der Waals surface area contributed by atoms with Crippen molar-refractivity contribution in [2.45, 2.75) is 25.3 Å². The molecule has 0 atom stereocenters. The van der Waals surface area contributed by atoms with Crippen LogP contribution in [0.15, 0.2) is 70.2 Å². The summed E-state index contributed by atoms with van der Waals surface area (Å²) in [7, 11) is -3.75. The number of carbonyl (C=O) groups excluding carboxylic acids is 1. The number of rotatable bonds is 6. The molecule has 0 saturated carbocycles. The van der Waals surface area contributed by atoms with Gasteiger partial charge in [0.2, 0.25) is 0 Å². The molecule has 3 aromatic rings. The van der Waals surface area contributed by atoms with Crippen LogP contribution in [0.25, 0.3) is 0 Å². The number of benzene rings is 2. The van der Waals surface area contributed by atoms with Crippen molar-refractivity contribution in [1.82, 2.24) is 5.32 Å². The van der Waals surface area contributed by atoms with E-state index >= 15 is 0 Å². The van der Waals surface area contributed by atoms with Crippen molar-refractivity contribution in [1.29, 1.82) is 0 Å². The standard InChI is InChI=1S/C20H20N2O4S/c1-14-8-9-15(2)19(11-14)27(24,25)22-17-6-3-5-16(12-17)20(23)21-13-18-7-4-10-26-18/h3-12,22H,13H2,1-2H3,(H,21,23). The van der Waals surface area contributed by atoms with E-state index in [2.05, 4.69) is 10.0 Å². The number of hydrogen-bond acceptors (Lipinski definition) is 4. The molecule has 0 bridgehead atoms. The molecule has 0 unspecified atom stereocenters. The predicted octanol–water partition coefficient (Wildman–Crippen LogP) is 3.63. The van der Waals surface area contributed by atoms with Gasteiger partial charge in [-0.3, -0.25) is 9.52 Å². The molecule has 6 nitrogen and oxygen atoms in total. The molecule has 2 aromatic carbocycles. The summed E-state index contributed by atoms with van der Waals surface area (Å²) < 4.78 is 33.1. The summed E-state index contributed by atoms with van der Waals surface area (Å²) in [5.41, 5.74) is 2.18. The van der Waals surface area contributed by atoms with Gasteiger partial charge in [-0.05, 0) is 61.4 Å². The molecule has 3 rings (SSSR count). The maximum absolute atomic E-state index is 12.7. The van der Waals surface area contributed by atoms with Gasteiger partial charge in [-0.1, -0.05) is 18.2 Å². The van der Waals surface area contributed by atoms with Crippen molar-refractivity contribution in [3.63, 3.8) is 0 Å². The first kappa shape index (κ1) is 18.7. The molecule has 2 N–H and O–H groups in total. The SMILES string of the molecule is Cc1ccc(C)c(S(=O)(=O)Nc2cccc(C(=O)NCc3ccco3)c2)c1. The van der Waals surface area contributed by atoms with Gasteiger partial charge in [-0.15, -0.1) is 0 Å². The molecule has 0 aliphatic rings. The Balaban J connectivity index is 1.77. The van der Waals surface area contributed by atoms with E-state index in [1.165, 1.54) is 12.3 Å². The van der Waals surface area contributed by atoms with Crippen LogP contribution in [0.5, 0.6) is 0 Å². The summed E-state index contributed by atoms with van der Waals surface area (Å²) in [5, 5.41) is 2.73. The Morgan fingerprint density at radius 1 is 1.04 bits per heavy atom. The summed E-state index contributed by atoms with van der Waals surface area (Å²) in [5.74, 6) is 0.314. The molecule has 0 radical (unpaired) electrons. The molecule has 1 heterocycles. The number of sulfonamides is 1. The quantitative estimate of drug-likeness (QED) is 0.679. The van der Waals surface area contributed by atoms with Gasteiger partial charge in [0.1, 0.15) is 5.76 Å². The molecular formula is C20H20N2O4S. The number of aryl methyl sites for hydroxylation is 2. The van der Waals surface area contributed by atoms with Crippen LogP contribution in [0.2, 0.25) is 0 Å². The topological polar surface area (TPSA) is 88.4 Å². The average molecular weight is 384 g/mol. The fraction of sp³-hybridized carbons (Fsp3) is 0.150. The molecule has 0 fully saturated rings. The van der Waals surface area contributed by atoms with Crippen LogP contribution >= 0.6 is 0 Å². The zero-order valence-corrected chi connectivity index (χ0v) is 15.8. The zero-order chi connectivity index (χ0) is 19.4. The highest BCUT2D eigenvalue weighted by atomic mass is 32.2. The fourth-order valence-corrected chi connectivity index (χ4v) is 3.99. The lowest BCUT2D eigenvalue weighted by Crippen LogP contribution is -2.22. The lowest BCUT2D eigenvalue weighted by atomic mass is 10.2. The number of hydrogen-bond donors (Lipinski definition) is 2. The molecule has 27 heavy (non-hydrogen) atoms. The van der Waals surface area contributed by atoms with Crippen LogP contribution in [0.1, 0.15) is 27.2 Å².